The molecule has 0 aliphatic rings. The number of benzene rings is 2. The topological polar surface area (TPSA) is 106 Å². The van der Waals surface area contributed by atoms with Gasteiger partial charge in [-0.1, -0.05) is 42.5 Å². The Morgan fingerprint density at radius 1 is 1.06 bits per heavy atom. The molecule has 2 heterocycles. The first kappa shape index (κ1) is 21.5. The Morgan fingerprint density at radius 3 is 2.53 bits per heavy atom. The second-order valence-electron chi connectivity index (χ2n) is 7.59. The van der Waals surface area contributed by atoms with Gasteiger partial charge in [0.15, 0.2) is 5.65 Å². The molecule has 0 saturated carbocycles. The van der Waals surface area contributed by atoms with Gasteiger partial charge in [-0.05, 0) is 30.7 Å². The van der Waals surface area contributed by atoms with Gasteiger partial charge in [-0.2, -0.15) is 5.10 Å². The molecule has 0 radical (unpaired) electrons. The van der Waals surface area contributed by atoms with Crippen molar-refractivity contribution in [2.24, 2.45) is 7.05 Å². The van der Waals surface area contributed by atoms with Crippen LogP contribution >= 0.6 is 0 Å². The van der Waals surface area contributed by atoms with Crippen LogP contribution in [0.25, 0.3) is 22.3 Å². The summed E-state index contributed by atoms with van der Waals surface area (Å²) in [6.45, 7) is 2.09. The van der Waals surface area contributed by atoms with E-state index in [4.69, 9.17) is 4.98 Å². The number of hydrogen-bond donors (Lipinski definition) is 2. The molecule has 0 aliphatic heterocycles. The Balaban J connectivity index is 1.66. The van der Waals surface area contributed by atoms with Crippen LogP contribution in [0.3, 0.4) is 0 Å². The molecule has 0 unspecified atom stereocenters. The summed E-state index contributed by atoms with van der Waals surface area (Å²) in [4.78, 5) is 17.9. The maximum absolute atomic E-state index is 13.2. The largest absolute Gasteiger partial charge is 0.348 e. The average Bonchev–Trinajstić information content (AvgIpc) is 3.04. The lowest BCUT2D eigenvalue weighted by Crippen LogP contribution is -2.23. The van der Waals surface area contributed by atoms with E-state index in [1.165, 1.54) is 0 Å². The lowest BCUT2D eigenvalue weighted by molar-refractivity contribution is 0.0952. The van der Waals surface area contributed by atoms with Crippen molar-refractivity contribution in [3.63, 3.8) is 0 Å². The molecular formula is C23H23N5O3S. The molecule has 2 aromatic carbocycles. The van der Waals surface area contributed by atoms with Gasteiger partial charge in [0.2, 0.25) is 10.0 Å². The monoisotopic (exact) mass is 449 g/mol. The summed E-state index contributed by atoms with van der Waals surface area (Å²) in [5, 5.41) is 8.08. The maximum Gasteiger partial charge on any atom is 0.252 e. The summed E-state index contributed by atoms with van der Waals surface area (Å²) in [6.07, 6.45) is 1.09. The van der Waals surface area contributed by atoms with Crippen molar-refractivity contribution >= 4 is 32.7 Å². The van der Waals surface area contributed by atoms with Gasteiger partial charge in [0.05, 0.1) is 28.6 Å². The summed E-state index contributed by atoms with van der Waals surface area (Å²) in [5.41, 5.74) is 4.65. The number of anilines is 1. The normalized spacial score (nSPS) is 11.5. The highest BCUT2D eigenvalue weighted by Crippen LogP contribution is 2.27. The Morgan fingerprint density at radius 2 is 1.81 bits per heavy atom. The van der Waals surface area contributed by atoms with E-state index in [0.717, 1.165) is 23.1 Å². The third kappa shape index (κ3) is 4.62. The number of nitrogens with one attached hydrogen (secondary N) is 2. The van der Waals surface area contributed by atoms with Gasteiger partial charge in [0, 0.05) is 24.8 Å². The van der Waals surface area contributed by atoms with Crippen LogP contribution in [0.2, 0.25) is 0 Å². The van der Waals surface area contributed by atoms with Crippen LogP contribution in [-0.4, -0.2) is 35.3 Å². The molecule has 9 heteroatoms. The van der Waals surface area contributed by atoms with Crippen molar-refractivity contribution < 1.29 is 13.2 Å². The molecule has 32 heavy (non-hydrogen) atoms. The van der Waals surface area contributed by atoms with Crippen molar-refractivity contribution in [3.05, 3.63) is 77.5 Å². The Bertz CT molecular complexity index is 1410. The Kier molecular flexibility index (Phi) is 5.67. The van der Waals surface area contributed by atoms with Gasteiger partial charge in [0.25, 0.3) is 5.91 Å². The predicted octanol–water partition coefficient (Wildman–Crippen LogP) is 3.25. The second-order valence-corrected chi connectivity index (χ2v) is 9.33. The third-order valence-electron chi connectivity index (χ3n) is 4.97. The zero-order valence-corrected chi connectivity index (χ0v) is 18.8. The fourth-order valence-corrected chi connectivity index (χ4v) is 4.17. The smallest absolute Gasteiger partial charge is 0.252 e. The van der Waals surface area contributed by atoms with Crippen molar-refractivity contribution in [1.29, 1.82) is 0 Å². The minimum atomic E-state index is -3.38. The fourth-order valence-electron chi connectivity index (χ4n) is 3.62. The molecule has 2 N–H and O–H groups in total. The number of aryl methyl sites for hydroxylation is 2. The number of hydrogen-bond acceptors (Lipinski definition) is 5. The van der Waals surface area contributed by atoms with Crippen LogP contribution < -0.4 is 10.0 Å². The van der Waals surface area contributed by atoms with E-state index < -0.39 is 10.0 Å². The first-order chi connectivity index (χ1) is 15.2. The van der Waals surface area contributed by atoms with E-state index in [0.29, 0.717) is 28.0 Å². The van der Waals surface area contributed by atoms with E-state index >= 15 is 0 Å². The lowest BCUT2D eigenvalue weighted by atomic mass is 10.0. The minimum Gasteiger partial charge on any atom is -0.348 e. The molecule has 0 spiro atoms. The van der Waals surface area contributed by atoms with Gasteiger partial charge in [0.1, 0.15) is 0 Å². The number of amides is 1. The van der Waals surface area contributed by atoms with E-state index in [-0.39, 0.29) is 12.5 Å². The molecule has 0 aliphatic carbocycles. The van der Waals surface area contributed by atoms with Crippen LogP contribution in [0.1, 0.15) is 21.6 Å². The first-order valence-electron chi connectivity index (χ1n) is 9.96. The average molecular weight is 450 g/mol. The van der Waals surface area contributed by atoms with Gasteiger partial charge >= 0.3 is 0 Å². The van der Waals surface area contributed by atoms with Crippen molar-refractivity contribution in [2.75, 3.05) is 11.0 Å². The van der Waals surface area contributed by atoms with Gasteiger partial charge in [-0.15, -0.1) is 0 Å². The second kappa shape index (κ2) is 8.43. The summed E-state index contributed by atoms with van der Waals surface area (Å²) < 4.78 is 27.1. The highest BCUT2D eigenvalue weighted by molar-refractivity contribution is 7.92. The SMILES string of the molecule is Cc1nn(C)c2nc(-c3ccccc3)cc(C(=O)NCc3cccc(NS(C)(=O)=O)c3)c12. The number of fused-ring (bicyclic) bond motifs is 1. The highest BCUT2D eigenvalue weighted by atomic mass is 32.2. The molecule has 4 rings (SSSR count). The molecule has 4 aromatic rings. The number of pyridine rings is 1. The summed E-state index contributed by atoms with van der Waals surface area (Å²) >= 11 is 0. The van der Waals surface area contributed by atoms with Crippen LogP contribution in [-0.2, 0) is 23.6 Å². The van der Waals surface area contributed by atoms with Crippen molar-refractivity contribution in [2.45, 2.75) is 13.5 Å². The van der Waals surface area contributed by atoms with Crippen molar-refractivity contribution in [1.82, 2.24) is 20.1 Å². The Labute approximate surface area is 186 Å². The van der Waals surface area contributed by atoms with E-state index in [1.54, 1.807) is 36.0 Å². The number of carbonyl (C=O) groups excluding carboxylic acids is 1. The number of rotatable bonds is 6. The zero-order chi connectivity index (χ0) is 22.9. The number of carbonyl (C=O) groups is 1. The molecular weight excluding hydrogens is 426 g/mol. The molecule has 0 saturated heterocycles. The van der Waals surface area contributed by atoms with Crippen LogP contribution in [0.15, 0.2) is 60.7 Å². The highest BCUT2D eigenvalue weighted by Gasteiger charge is 2.19. The van der Waals surface area contributed by atoms with Gasteiger partial charge in [-0.25, -0.2) is 13.4 Å². The third-order valence-corrected chi connectivity index (χ3v) is 5.57. The maximum atomic E-state index is 13.2. The quantitative estimate of drug-likeness (QED) is 0.470. The molecule has 8 nitrogen and oxygen atoms in total. The van der Waals surface area contributed by atoms with Gasteiger partial charge in [-0.3, -0.25) is 14.2 Å². The molecule has 0 fully saturated rings. The van der Waals surface area contributed by atoms with Gasteiger partial charge < -0.3 is 5.32 Å². The Hall–Kier alpha value is -3.72. The summed E-state index contributed by atoms with van der Waals surface area (Å²) in [7, 11) is -1.58. The summed E-state index contributed by atoms with van der Waals surface area (Å²) in [6, 6.07) is 18.3. The molecule has 0 bridgehead atoms. The molecule has 0 atom stereocenters. The zero-order valence-electron chi connectivity index (χ0n) is 18.0. The van der Waals surface area contributed by atoms with E-state index in [2.05, 4.69) is 15.1 Å². The first-order valence-corrected chi connectivity index (χ1v) is 11.8. The number of sulfonamides is 1. The van der Waals surface area contributed by atoms with Crippen molar-refractivity contribution in [3.8, 4) is 11.3 Å². The van der Waals surface area contributed by atoms with Crippen LogP contribution in [0.4, 0.5) is 5.69 Å². The summed E-state index contributed by atoms with van der Waals surface area (Å²) in [5.74, 6) is -0.257. The number of nitrogens with zero attached hydrogens (tertiary/aromatic N) is 3. The lowest BCUT2D eigenvalue weighted by Gasteiger charge is -2.11. The number of aromatic nitrogens is 3. The van der Waals surface area contributed by atoms with E-state index in [9.17, 15) is 13.2 Å². The predicted molar refractivity (Wildman–Crippen MR) is 125 cm³/mol. The van der Waals surface area contributed by atoms with E-state index in [1.807, 2.05) is 43.3 Å². The minimum absolute atomic E-state index is 0.238. The van der Waals surface area contributed by atoms with Crippen LogP contribution in [0.5, 0.6) is 0 Å². The standard InChI is InChI=1S/C23H23N5O3S/c1-15-21-19(13-20(17-9-5-4-6-10-17)25-22(21)28(2)26-15)23(29)24-14-16-8-7-11-18(12-16)27-32(3,30)31/h4-13,27H,14H2,1-3H3,(H,24,29). The van der Waals surface area contributed by atoms with Crippen LogP contribution in [0, 0.1) is 6.92 Å². The molecule has 2 aromatic heterocycles. The molecule has 164 valence electrons. The molecule has 1 amide bonds. The fraction of sp³-hybridized carbons (Fsp3) is 0.174.